The van der Waals surface area contributed by atoms with Crippen molar-refractivity contribution in [2.45, 2.75) is 52.4 Å². The van der Waals surface area contributed by atoms with E-state index in [1.54, 1.807) is 0 Å². The molecule has 0 amide bonds. The molecule has 0 heterocycles. The number of nitrogens with two attached hydrogens (primary N) is 1. The Labute approximate surface area is 117 Å². The lowest BCUT2D eigenvalue weighted by Gasteiger charge is -2.25. The molecule has 1 fully saturated rings. The molecule has 1 aromatic rings. The number of ether oxygens (including phenoxy) is 1. The van der Waals surface area contributed by atoms with E-state index in [2.05, 4.69) is 26.0 Å². The van der Waals surface area contributed by atoms with E-state index >= 15 is 0 Å². The number of benzene rings is 1. The maximum absolute atomic E-state index is 6.07. The normalized spacial score (nSPS) is 17.7. The van der Waals surface area contributed by atoms with Crippen LogP contribution in [0.5, 0.6) is 5.75 Å². The third kappa shape index (κ3) is 3.11. The molecule has 1 saturated carbocycles. The van der Waals surface area contributed by atoms with E-state index in [0.29, 0.717) is 5.92 Å². The molecule has 0 aromatic heterocycles. The largest absolute Gasteiger partial charge is 0.494 e. The summed E-state index contributed by atoms with van der Waals surface area (Å²) in [6.45, 7) is 7.84. The van der Waals surface area contributed by atoms with E-state index in [0.717, 1.165) is 24.8 Å². The lowest BCUT2D eigenvalue weighted by atomic mass is 9.82. The van der Waals surface area contributed by atoms with Crippen LogP contribution in [0.15, 0.2) is 12.1 Å². The number of hydrogen-bond donors (Lipinski definition) is 1. The number of aryl methyl sites for hydroxylation is 2. The van der Waals surface area contributed by atoms with Crippen molar-refractivity contribution in [1.82, 2.24) is 0 Å². The highest BCUT2D eigenvalue weighted by Gasteiger charge is 2.26. The summed E-state index contributed by atoms with van der Waals surface area (Å²) in [6.07, 6.45) is 5.42. The first-order valence-corrected chi connectivity index (χ1v) is 7.61. The van der Waals surface area contributed by atoms with E-state index in [9.17, 15) is 0 Å². The number of hydrogen-bond acceptors (Lipinski definition) is 2. The second-order valence-corrected chi connectivity index (χ2v) is 5.79. The zero-order chi connectivity index (χ0) is 13.8. The van der Waals surface area contributed by atoms with Crippen molar-refractivity contribution in [2.24, 2.45) is 11.7 Å². The highest BCUT2D eigenvalue weighted by atomic mass is 16.5. The monoisotopic (exact) mass is 261 g/mol. The Kier molecular flexibility index (Phi) is 4.87. The molecule has 19 heavy (non-hydrogen) atoms. The van der Waals surface area contributed by atoms with Gasteiger partial charge in [0, 0.05) is 0 Å². The van der Waals surface area contributed by atoms with E-state index in [4.69, 9.17) is 10.5 Å². The van der Waals surface area contributed by atoms with Gasteiger partial charge < -0.3 is 10.5 Å². The maximum Gasteiger partial charge on any atom is 0.122 e. The van der Waals surface area contributed by atoms with Crippen LogP contribution in [0.2, 0.25) is 0 Å². The lowest BCUT2D eigenvalue weighted by molar-refractivity contribution is 0.337. The summed E-state index contributed by atoms with van der Waals surface area (Å²) in [5.41, 5.74) is 10.1. The van der Waals surface area contributed by atoms with Gasteiger partial charge in [-0.1, -0.05) is 18.9 Å². The first kappa shape index (κ1) is 14.4. The Morgan fingerprint density at radius 3 is 2.47 bits per heavy atom. The van der Waals surface area contributed by atoms with Crippen molar-refractivity contribution in [3.8, 4) is 5.75 Å². The Morgan fingerprint density at radius 2 is 1.89 bits per heavy atom. The van der Waals surface area contributed by atoms with E-state index in [-0.39, 0.29) is 0 Å². The highest BCUT2D eigenvalue weighted by Crippen LogP contribution is 2.39. The van der Waals surface area contributed by atoms with Gasteiger partial charge in [-0.25, -0.2) is 0 Å². The molecule has 1 aliphatic rings. The zero-order valence-corrected chi connectivity index (χ0v) is 12.5. The fraction of sp³-hybridized carbons (Fsp3) is 0.647. The van der Waals surface area contributed by atoms with Gasteiger partial charge in [0.05, 0.1) is 6.61 Å². The van der Waals surface area contributed by atoms with Gasteiger partial charge in [-0.2, -0.15) is 0 Å². The fourth-order valence-electron chi connectivity index (χ4n) is 3.46. The minimum Gasteiger partial charge on any atom is -0.494 e. The molecule has 2 nitrogen and oxygen atoms in total. The van der Waals surface area contributed by atoms with E-state index in [1.165, 1.54) is 42.4 Å². The first-order valence-electron chi connectivity index (χ1n) is 7.61. The summed E-state index contributed by atoms with van der Waals surface area (Å²) in [7, 11) is 0. The van der Waals surface area contributed by atoms with Crippen LogP contribution in [-0.2, 0) is 0 Å². The summed E-state index contributed by atoms with van der Waals surface area (Å²) in [5.74, 6) is 2.32. The molecule has 0 saturated heterocycles. The van der Waals surface area contributed by atoms with Crippen LogP contribution in [0.25, 0.3) is 0 Å². The van der Waals surface area contributed by atoms with Crippen LogP contribution in [0.4, 0.5) is 0 Å². The minimum atomic E-state index is 0.525. The molecule has 1 aliphatic carbocycles. The van der Waals surface area contributed by atoms with Gasteiger partial charge in [0.15, 0.2) is 0 Å². The molecule has 2 heteroatoms. The Hall–Kier alpha value is -1.02. The van der Waals surface area contributed by atoms with Gasteiger partial charge in [0.2, 0.25) is 0 Å². The molecule has 2 rings (SSSR count). The van der Waals surface area contributed by atoms with Crippen LogP contribution >= 0.6 is 0 Å². The molecule has 0 spiro atoms. The SMILES string of the molecule is CCOc1cc(C)c(C(CN)C2CCCC2)cc1C. The summed E-state index contributed by atoms with van der Waals surface area (Å²) in [6, 6.07) is 4.49. The first-order chi connectivity index (χ1) is 9.17. The Bertz CT molecular complexity index is 422. The van der Waals surface area contributed by atoms with Crippen molar-refractivity contribution in [2.75, 3.05) is 13.2 Å². The molecule has 106 valence electrons. The predicted octanol–water partition coefficient (Wildman–Crippen LogP) is 3.93. The highest BCUT2D eigenvalue weighted by molar-refractivity contribution is 5.43. The second kappa shape index (κ2) is 6.42. The van der Waals surface area contributed by atoms with Crippen LogP contribution in [0.3, 0.4) is 0 Å². The van der Waals surface area contributed by atoms with Gasteiger partial charge in [-0.15, -0.1) is 0 Å². The summed E-state index contributed by atoms with van der Waals surface area (Å²) in [4.78, 5) is 0. The molecule has 0 radical (unpaired) electrons. The summed E-state index contributed by atoms with van der Waals surface area (Å²) in [5, 5.41) is 0. The number of rotatable bonds is 5. The Balaban J connectivity index is 2.29. The van der Waals surface area contributed by atoms with Crippen molar-refractivity contribution < 1.29 is 4.74 Å². The van der Waals surface area contributed by atoms with Crippen LogP contribution in [-0.4, -0.2) is 13.2 Å². The third-order valence-corrected chi connectivity index (χ3v) is 4.49. The smallest absolute Gasteiger partial charge is 0.122 e. The maximum atomic E-state index is 6.07. The summed E-state index contributed by atoms with van der Waals surface area (Å²) >= 11 is 0. The van der Waals surface area contributed by atoms with E-state index in [1.807, 2.05) is 6.92 Å². The predicted molar refractivity (Wildman–Crippen MR) is 80.8 cm³/mol. The van der Waals surface area contributed by atoms with Crippen molar-refractivity contribution in [3.63, 3.8) is 0 Å². The molecule has 1 unspecified atom stereocenters. The van der Waals surface area contributed by atoms with Crippen molar-refractivity contribution in [1.29, 1.82) is 0 Å². The third-order valence-electron chi connectivity index (χ3n) is 4.49. The van der Waals surface area contributed by atoms with Crippen molar-refractivity contribution >= 4 is 0 Å². The zero-order valence-electron chi connectivity index (χ0n) is 12.5. The topological polar surface area (TPSA) is 35.2 Å². The average molecular weight is 261 g/mol. The second-order valence-electron chi connectivity index (χ2n) is 5.79. The van der Waals surface area contributed by atoms with Gasteiger partial charge in [-0.3, -0.25) is 0 Å². The van der Waals surface area contributed by atoms with Crippen LogP contribution in [0, 0.1) is 19.8 Å². The standard InChI is InChI=1S/C17H27NO/c1-4-19-17-10-12(2)15(9-13(17)3)16(11-18)14-7-5-6-8-14/h9-10,14,16H,4-8,11,18H2,1-3H3. The van der Waals surface area contributed by atoms with Crippen molar-refractivity contribution in [3.05, 3.63) is 28.8 Å². The van der Waals surface area contributed by atoms with Gasteiger partial charge >= 0.3 is 0 Å². The quantitative estimate of drug-likeness (QED) is 0.871. The lowest BCUT2D eigenvalue weighted by Crippen LogP contribution is -2.21. The Morgan fingerprint density at radius 1 is 1.21 bits per heavy atom. The molecular weight excluding hydrogens is 234 g/mol. The minimum absolute atomic E-state index is 0.525. The molecule has 1 atom stereocenters. The van der Waals surface area contributed by atoms with E-state index < -0.39 is 0 Å². The van der Waals surface area contributed by atoms with Gasteiger partial charge in [-0.05, 0) is 74.8 Å². The molecule has 0 bridgehead atoms. The van der Waals surface area contributed by atoms with Crippen LogP contribution < -0.4 is 10.5 Å². The molecular formula is C17H27NO. The van der Waals surface area contributed by atoms with Crippen LogP contribution in [0.1, 0.15) is 55.2 Å². The molecule has 2 N–H and O–H groups in total. The average Bonchev–Trinajstić information content (AvgIpc) is 2.90. The fourth-order valence-corrected chi connectivity index (χ4v) is 3.46. The van der Waals surface area contributed by atoms with Gasteiger partial charge in [0.1, 0.15) is 5.75 Å². The molecule has 0 aliphatic heterocycles. The summed E-state index contributed by atoms with van der Waals surface area (Å²) < 4.78 is 5.68. The molecule has 1 aromatic carbocycles. The van der Waals surface area contributed by atoms with Gasteiger partial charge in [0.25, 0.3) is 0 Å².